The number of non-ortho nitro benzene ring substituents is 1. The van der Waals surface area contributed by atoms with Gasteiger partial charge in [0.15, 0.2) is 0 Å². The standard InChI is InChI=1S/C22H14ClN3O5/c23-16-9-5-14(6-10-16)13-24(20(27)15-7-11-17(12-8-15)26(30)31)25-21(28)18-3-1-2-4-19(18)22(25)29/h1-12H,13H2. The van der Waals surface area contributed by atoms with Crippen molar-refractivity contribution in [1.82, 2.24) is 10.0 Å². The van der Waals surface area contributed by atoms with Crippen LogP contribution in [0, 0.1) is 10.1 Å². The van der Waals surface area contributed by atoms with Crippen LogP contribution in [0.5, 0.6) is 0 Å². The van der Waals surface area contributed by atoms with E-state index in [2.05, 4.69) is 0 Å². The molecule has 0 aromatic heterocycles. The van der Waals surface area contributed by atoms with E-state index in [9.17, 15) is 24.5 Å². The second-order valence-corrected chi connectivity index (χ2v) is 7.20. The second-order valence-electron chi connectivity index (χ2n) is 6.76. The molecule has 4 rings (SSSR count). The molecule has 8 nitrogen and oxygen atoms in total. The Morgan fingerprint density at radius 2 is 1.45 bits per heavy atom. The fraction of sp³-hybridized carbons (Fsp3) is 0.0455. The summed E-state index contributed by atoms with van der Waals surface area (Å²) >= 11 is 5.93. The highest BCUT2D eigenvalue weighted by Gasteiger charge is 2.41. The molecule has 3 amide bonds. The van der Waals surface area contributed by atoms with E-state index >= 15 is 0 Å². The third-order valence-electron chi connectivity index (χ3n) is 4.82. The Kier molecular flexibility index (Phi) is 5.22. The maximum atomic E-state index is 13.3. The Morgan fingerprint density at radius 3 is 1.97 bits per heavy atom. The normalized spacial score (nSPS) is 12.6. The van der Waals surface area contributed by atoms with Crippen LogP contribution in [0.15, 0.2) is 72.8 Å². The number of carbonyl (C=O) groups excluding carboxylic acids is 3. The topological polar surface area (TPSA) is 101 Å². The number of rotatable bonds is 5. The number of hydrogen-bond donors (Lipinski definition) is 0. The molecule has 0 radical (unpaired) electrons. The molecule has 3 aromatic rings. The van der Waals surface area contributed by atoms with Crippen LogP contribution in [0.3, 0.4) is 0 Å². The van der Waals surface area contributed by atoms with E-state index in [0.717, 1.165) is 10.0 Å². The average molecular weight is 436 g/mol. The van der Waals surface area contributed by atoms with Crippen LogP contribution < -0.4 is 0 Å². The first-order chi connectivity index (χ1) is 14.9. The van der Waals surface area contributed by atoms with E-state index in [0.29, 0.717) is 10.6 Å². The number of benzene rings is 3. The fourth-order valence-electron chi connectivity index (χ4n) is 3.27. The van der Waals surface area contributed by atoms with Crippen molar-refractivity contribution < 1.29 is 19.3 Å². The molecule has 0 bridgehead atoms. The smallest absolute Gasteiger partial charge is 0.267 e. The van der Waals surface area contributed by atoms with Crippen LogP contribution in [0.2, 0.25) is 5.02 Å². The lowest BCUT2D eigenvalue weighted by molar-refractivity contribution is -0.384. The summed E-state index contributed by atoms with van der Waals surface area (Å²) in [6.07, 6.45) is 0. The third kappa shape index (κ3) is 3.76. The molecule has 0 N–H and O–H groups in total. The molecule has 1 aliphatic rings. The predicted molar refractivity (Wildman–Crippen MR) is 111 cm³/mol. The summed E-state index contributed by atoms with van der Waals surface area (Å²) < 4.78 is 0. The lowest BCUT2D eigenvalue weighted by Gasteiger charge is -2.30. The number of amides is 3. The van der Waals surface area contributed by atoms with Crippen molar-refractivity contribution in [2.24, 2.45) is 0 Å². The maximum Gasteiger partial charge on any atom is 0.280 e. The molecule has 9 heteroatoms. The van der Waals surface area contributed by atoms with Crippen LogP contribution in [0.4, 0.5) is 5.69 Å². The van der Waals surface area contributed by atoms with E-state index in [1.54, 1.807) is 36.4 Å². The van der Waals surface area contributed by atoms with Crippen molar-refractivity contribution in [2.45, 2.75) is 6.54 Å². The van der Waals surface area contributed by atoms with Gasteiger partial charge < -0.3 is 0 Å². The van der Waals surface area contributed by atoms with Crippen LogP contribution in [0.25, 0.3) is 0 Å². The van der Waals surface area contributed by atoms with Crippen LogP contribution in [-0.4, -0.2) is 32.7 Å². The molecular weight excluding hydrogens is 422 g/mol. The van der Waals surface area contributed by atoms with Gasteiger partial charge in [0.2, 0.25) is 0 Å². The molecule has 0 aliphatic carbocycles. The summed E-state index contributed by atoms with van der Waals surface area (Å²) in [5, 5.41) is 13.3. The number of halogens is 1. The monoisotopic (exact) mass is 435 g/mol. The molecule has 0 atom stereocenters. The molecule has 0 unspecified atom stereocenters. The Morgan fingerprint density at radius 1 is 0.903 bits per heavy atom. The molecule has 31 heavy (non-hydrogen) atoms. The largest absolute Gasteiger partial charge is 0.280 e. The number of fused-ring (bicyclic) bond motifs is 1. The van der Waals surface area contributed by atoms with E-state index in [1.807, 2.05) is 0 Å². The van der Waals surface area contributed by atoms with Gasteiger partial charge in [0.25, 0.3) is 23.4 Å². The number of nitro benzene ring substituents is 1. The van der Waals surface area contributed by atoms with Crippen molar-refractivity contribution >= 4 is 35.0 Å². The van der Waals surface area contributed by atoms with Gasteiger partial charge in [-0.3, -0.25) is 24.5 Å². The van der Waals surface area contributed by atoms with Crippen molar-refractivity contribution in [3.8, 4) is 0 Å². The molecule has 0 spiro atoms. The number of carbonyl (C=O) groups is 3. The summed E-state index contributed by atoms with van der Waals surface area (Å²) in [7, 11) is 0. The Bertz CT molecular complexity index is 1170. The van der Waals surface area contributed by atoms with E-state index in [4.69, 9.17) is 11.6 Å². The van der Waals surface area contributed by atoms with Crippen molar-refractivity contribution in [3.63, 3.8) is 0 Å². The molecule has 0 saturated carbocycles. The number of hydrogen-bond acceptors (Lipinski definition) is 5. The first kappa shape index (κ1) is 20.2. The predicted octanol–water partition coefficient (Wildman–Crippen LogP) is 4.10. The Hall–Kier alpha value is -4.04. The quantitative estimate of drug-likeness (QED) is 0.341. The Balaban J connectivity index is 1.73. The SMILES string of the molecule is O=C(c1ccc([N+](=O)[O-])cc1)N(Cc1ccc(Cl)cc1)N1C(=O)c2ccccc2C1=O. The van der Waals surface area contributed by atoms with Gasteiger partial charge in [0, 0.05) is 22.7 Å². The molecular formula is C22H14ClN3O5. The highest BCUT2D eigenvalue weighted by molar-refractivity contribution is 6.30. The molecule has 1 heterocycles. The number of nitrogens with zero attached hydrogens (tertiary/aromatic N) is 3. The van der Waals surface area contributed by atoms with Gasteiger partial charge in [-0.2, -0.15) is 5.01 Å². The number of imide groups is 1. The first-order valence-corrected chi connectivity index (χ1v) is 9.53. The van der Waals surface area contributed by atoms with Crippen LogP contribution >= 0.6 is 11.6 Å². The highest BCUT2D eigenvalue weighted by Crippen LogP contribution is 2.27. The lowest BCUT2D eigenvalue weighted by Crippen LogP contribution is -2.49. The average Bonchev–Trinajstić information content (AvgIpc) is 3.03. The number of nitro groups is 1. The fourth-order valence-corrected chi connectivity index (χ4v) is 3.39. The number of hydrazine groups is 1. The third-order valence-corrected chi connectivity index (χ3v) is 5.07. The summed E-state index contributed by atoms with van der Waals surface area (Å²) in [6, 6.07) is 17.9. The molecule has 0 saturated heterocycles. The van der Waals surface area contributed by atoms with E-state index in [1.165, 1.54) is 36.4 Å². The minimum absolute atomic E-state index is 0.0849. The van der Waals surface area contributed by atoms with Crippen molar-refractivity contribution in [3.05, 3.63) is 110 Å². The zero-order chi connectivity index (χ0) is 22.1. The van der Waals surface area contributed by atoms with Gasteiger partial charge in [-0.15, -0.1) is 0 Å². The maximum absolute atomic E-state index is 13.3. The van der Waals surface area contributed by atoms with Gasteiger partial charge in [0.05, 0.1) is 22.6 Å². The van der Waals surface area contributed by atoms with Gasteiger partial charge in [-0.1, -0.05) is 35.9 Å². The summed E-state index contributed by atoms with van der Waals surface area (Å²) in [4.78, 5) is 49.6. The summed E-state index contributed by atoms with van der Waals surface area (Å²) in [6.45, 7) is -0.0849. The van der Waals surface area contributed by atoms with Gasteiger partial charge in [-0.05, 0) is 42.0 Å². The zero-order valence-corrected chi connectivity index (χ0v) is 16.7. The molecule has 0 fully saturated rings. The van der Waals surface area contributed by atoms with E-state index < -0.39 is 22.6 Å². The lowest BCUT2D eigenvalue weighted by atomic mass is 10.1. The summed E-state index contributed by atoms with van der Waals surface area (Å²) in [5.74, 6) is -1.89. The minimum Gasteiger partial charge on any atom is -0.267 e. The summed E-state index contributed by atoms with van der Waals surface area (Å²) in [5.41, 5.74) is 0.948. The first-order valence-electron chi connectivity index (χ1n) is 9.15. The zero-order valence-electron chi connectivity index (χ0n) is 15.9. The van der Waals surface area contributed by atoms with Crippen molar-refractivity contribution in [2.75, 3.05) is 0 Å². The molecule has 154 valence electrons. The molecule has 1 aliphatic heterocycles. The van der Waals surface area contributed by atoms with Crippen LogP contribution in [-0.2, 0) is 6.54 Å². The van der Waals surface area contributed by atoms with Gasteiger partial charge >= 0.3 is 0 Å². The second kappa shape index (κ2) is 8.00. The van der Waals surface area contributed by atoms with Crippen LogP contribution in [0.1, 0.15) is 36.6 Å². The Labute approximate surface area is 181 Å². The minimum atomic E-state index is -0.653. The van der Waals surface area contributed by atoms with E-state index in [-0.39, 0.29) is 28.9 Å². The van der Waals surface area contributed by atoms with Gasteiger partial charge in [-0.25, -0.2) is 5.01 Å². The molecule has 3 aromatic carbocycles. The van der Waals surface area contributed by atoms with Crippen molar-refractivity contribution in [1.29, 1.82) is 0 Å². The highest BCUT2D eigenvalue weighted by atomic mass is 35.5. The van der Waals surface area contributed by atoms with Gasteiger partial charge in [0.1, 0.15) is 0 Å².